The van der Waals surface area contributed by atoms with Crippen molar-refractivity contribution in [1.82, 2.24) is 9.62 Å². The SMILES string of the molecule is NCC(NS(=O)(=O)c1ccc(C(=O)N2CCOCC2)cc1)C1CCCCC1. The van der Waals surface area contributed by atoms with E-state index in [0.717, 1.165) is 25.7 Å². The van der Waals surface area contributed by atoms with E-state index in [9.17, 15) is 13.2 Å². The molecule has 3 N–H and O–H groups in total. The van der Waals surface area contributed by atoms with Crippen molar-refractivity contribution in [3.8, 4) is 0 Å². The Bertz CT molecular complexity index is 724. The van der Waals surface area contributed by atoms with Crippen LogP contribution >= 0.6 is 0 Å². The quantitative estimate of drug-likeness (QED) is 0.757. The highest BCUT2D eigenvalue weighted by Crippen LogP contribution is 2.27. The lowest BCUT2D eigenvalue weighted by Crippen LogP contribution is -2.45. The molecule has 3 rings (SSSR count). The first-order valence-corrected chi connectivity index (χ1v) is 11.2. The molecule has 1 aliphatic heterocycles. The van der Waals surface area contributed by atoms with Crippen LogP contribution in [0.4, 0.5) is 0 Å². The number of hydrogen-bond acceptors (Lipinski definition) is 5. The van der Waals surface area contributed by atoms with Gasteiger partial charge in [0.15, 0.2) is 0 Å². The van der Waals surface area contributed by atoms with Crippen LogP contribution in [0.1, 0.15) is 42.5 Å². The Labute approximate surface area is 161 Å². The molecule has 7 nitrogen and oxygen atoms in total. The summed E-state index contributed by atoms with van der Waals surface area (Å²) in [5.74, 6) is 0.193. The van der Waals surface area contributed by atoms with Gasteiger partial charge in [-0.1, -0.05) is 19.3 Å². The lowest BCUT2D eigenvalue weighted by molar-refractivity contribution is 0.0303. The molecule has 1 saturated heterocycles. The van der Waals surface area contributed by atoms with Crippen LogP contribution in [0.15, 0.2) is 29.2 Å². The Morgan fingerprint density at radius 2 is 1.78 bits per heavy atom. The first kappa shape index (κ1) is 20.3. The van der Waals surface area contributed by atoms with E-state index in [1.165, 1.54) is 18.6 Å². The summed E-state index contributed by atoms with van der Waals surface area (Å²) in [5.41, 5.74) is 6.33. The molecule has 0 aromatic heterocycles. The maximum atomic E-state index is 12.7. The molecule has 1 unspecified atom stereocenters. The van der Waals surface area contributed by atoms with Crippen LogP contribution in [0.5, 0.6) is 0 Å². The second-order valence-electron chi connectivity index (χ2n) is 7.29. The molecule has 1 aromatic carbocycles. The van der Waals surface area contributed by atoms with Crippen LogP contribution < -0.4 is 10.5 Å². The van der Waals surface area contributed by atoms with Crippen molar-refractivity contribution < 1.29 is 17.9 Å². The summed E-state index contributed by atoms with van der Waals surface area (Å²) in [7, 11) is -3.66. The first-order valence-electron chi connectivity index (χ1n) is 9.71. The minimum atomic E-state index is -3.66. The summed E-state index contributed by atoms with van der Waals surface area (Å²) >= 11 is 0. The number of carbonyl (C=O) groups is 1. The fourth-order valence-corrected chi connectivity index (χ4v) is 5.18. The molecule has 150 valence electrons. The van der Waals surface area contributed by atoms with E-state index < -0.39 is 10.0 Å². The lowest BCUT2D eigenvalue weighted by atomic mass is 9.84. The molecule has 1 amide bonds. The van der Waals surface area contributed by atoms with E-state index >= 15 is 0 Å². The van der Waals surface area contributed by atoms with Gasteiger partial charge >= 0.3 is 0 Å². The Balaban J connectivity index is 1.68. The summed E-state index contributed by atoms with van der Waals surface area (Å²) < 4.78 is 33.5. The van der Waals surface area contributed by atoms with E-state index in [0.29, 0.717) is 37.8 Å². The van der Waals surface area contributed by atoms with Gasteiger partial charge in [-0.2, -0.15) is 0 Å². The van der Waals surface area contributed by atoms with Crippen molar-refractivity contribution in [3.63, 3.8) is 0 Å². The summed E-state index contributed by atoms with van der Waals surface area (Å²) in [5, 5.41) is 0. The average molecular weight is 396 g/mol. The van der Waals surface area contributed by atoms with Gasteiger partial charge in [0.1, 0.15) is 0 Å². The maximum Gasteiger partial charge on any atom is 0.254 e. The van der Waals surface area contributed by atoms with Crippen molar-refractivity contribution >= 4 is 15.9 Å². The van der Waals surface area contributed by atoms with E-state index in [1.807, 2.05) is 0 Å². The Morgan fingerprint density at radius 1 is 1.15 bits per heavy atom. The van der Waals surface area contributed by atoms with E-state index in [2.05, 4.69) is 4.72 Å². The van der Waals surface area contributed by atoms with Gasteiger partial charge in [-0.3, -0.25) is 4.79 Å². The van der Waals surface area contributed by atoms with Crippen LogP contribution in [-0.2, 0) is 14.8 Å². The zero-order valence-corrected chi connectivity index (χ0v) is 16.4. The Kier molecular flexibility index (Phi) is 6.86. The minimum Gasteiger partial charge on any atom is -0.378 e. The number of hydrogen-bond donors (Lipinski definition) is 2. The molecular formula is C19H29N3O4S. The monoisotopic (exact) mass is 395 g/mol. The van der Waals surface area contributed by atoms with Crippen molar-refractivity contribution in [1.29, 1.82) is 0 Å². The third-order valence-electron chi connectivity index (χ3n) is 5.49. The van der Waals surface area contributed by atoms with Gasteiger partial charge in [0, 0.05) is 31.2 Å². The van der Waals surface area contributed by atoms with Gasteiger partial charge in [-0.05, 0) is 43.0 Å². The van der Waals surface area contributed by atoms with Crippen molar-refractivity contribution in [2.75, 3.05) is 32.8 Å². The number of amides is 1. The molecule has 1 heterocycles. The number of ether oxygens (including phenoxy) is 1. The summed E-state index contributed by atoms with van der Waals surface area (Å²) in [6.45, 7) is 2.46. The molecule has 8 heteroatoms. The fraction of sp³-hybridized carbons (Fsp3) is 0.632. The lowest BCUT2D eigenvalue weighted by Gasteiger charge is -2.30. The summed E-state index contributed by atoms with van der Waals surface area (Å²) in [6.07, 6.45) is 5.48. The van der Waals surface area contributed by atoms with Crippen molar-refractivity contribution in [2.45, 2.75) is 43.0 Å². The van der Waals surface area contributed by atoms with Crippen molar-refractivity contribution in [2.24, 2.45) is 11.7 Å². The largest absolute Gasteiger partial charge is 0.378 e. The molecule has 1 aliphatic carbocycles. The summed E-state index contributed by atoms with van der Waals surface area (Å²) in [4.78, 5) is 14.4. The molecule has 1 aromatic rings. The molecular weight excluding hydrogens is 366 g/mol. The second kappa shape index (κ2) is 9.14. The van der Waals surface area contributed by atoms with Gasteiger partial charge in [-0.15, -0.1) is 0 Å². The van der Waals surface area contributed by atoms with E-state index in [-0.39, 0.29) is 23.4 Å². The van der Waals surface area contributed by atoms with Gasteiger partial charge < -0.3 is 15.4 Å². The Hall–Kier alpha value is -1.48. The van der Waals surface area contributed by atoms with Crippen LogP contribution in [0.3, 0.4) is 0 Å². The highest BCUT2D eigenvalue weighted by Gasteiger charge is 2.27. The first-order chi connectivity index (χ1) is 13.0. The molecule has 2 fully saturated rings. The smallest absolute Gasteiger partial charge is 0.254 e. The molecule has 1 atom stereocenters. The topological polar surface area (TPSA) is 102 Å². The number of sulfonamides is 1. The molecule has 0 bridgehead atoms. The van der Waals surface area contributed by atoms with Crippen LogP contribution in [0.2, 0.25) is 0 Å². The third kappa shape index (κ3) is 5.07. The fourth-order valence-electron chi connectivity index (χ4n) is 3.87. The number of nitrogens with two attached hydrogens (primary N) is 1. The van der Waals surface area contributed by atoms with E-state index in [1.54, 1.807) is 17.0 Å². The number of morpholine rings is 1. The standard InChI is InChI=1S/C19H29N3O4S/c20-14-18(15-4-2-1-3-5-15)21-27(24,25)17-8-6-16(7-9-17)19(23)22-10-12-26-13-11-22/h6-9,15,18,21H,1-5,10-14,20H2. The molecule has 1 saturated carbocycles. The van der Waals surface area contributed by atoms with Gasteiger partial charge in [0.05, 0.1) is 18.1 Å². The normalized spacial score (nSPS) is 20.4. The molecule has 2 aliphatic rings. The maximum absolute atomic E-state index is 12.7. The molecule has 0 spiro atoms. The number of carbonyl (C=O) groups excluding carboxylic acids is 1. The predicted octanol–water partition coefficient (Wildman–Crippen LogP) is 1.34. The van der Waals surface area contributed by atoms with Gasteiger partial charge in [-0.25, -0.2) is 13.1 Å². The zero-order valence-electron chi connectivity index (χ0n) is 15.6. The van der Waals surface area contributed by atoms with Gasteiger partial charge in [0.25, 0.3) is 5.91 Å². The van der Waals surface area contributed by atoms with E-state index in [4.69, 9.17) is 10.5 Å². The molecule has 0 radical (unpaired) electrons. The number of nitrogens with zero attached hydrogens (tertiary/aromatic N) is 1. The third-order valence-corrected chi connectivity index (χ3v) is 7.00. The number of benzene rings is 1. The Morgan fingerprint density at radius 3 is 2.37 bits per heavy atom. The van der Waals surface area contributed by atoms with Crippen molar-refractivity contribution in [3.05, 3.63) is 29.8 Å². The predicted molar refractivity (Wildman–Crippen MR) is 103 cm³/mol. The number of rotatable bonds is 6. The van der Waals surface area contributed by atoms with Crippen LogP contribution in [0, 0.1) is 5.92 Å². The highest BCUT2D eigenvalue weighted by molar-refractivity contribution is 7.89. The number of nitrogens with one attached hydrogen (secondary N) is 1. The molecule has 27 heavy (non-hydrogen) atoms. The zero-order chi connectivity index (χ0) is 19.3. The second-order valence-corrected chi connectivity index (χ2v) is 9.00. The van der Waals surface area contributed by atoms with Crippen LogP contribution in [0.25, 0.3) is 0 Å². The highest BCUT2D eigenvalue weighted by atomic mass is 32.2. The van der Waals surface area contributed by atoms with Crippen LogP contribution in [-0.4, -0.2) is 58.1 Å². The van der Waals surface area contributed by atoms with Gasteiger partial charge in [0.2, 0.25) is 10.0 Å². The summed E-state index contributed by atoms with van der Waals surface area (Å²) in [6, 6.07) is 5.88. The minimum absolute atomic E-state index is 0.0998. The average Bonchev–Trinajstić information content (AvgIpc) is 2.73.